The van der Waals surface area contributed by atoms with Crippen LogP contribution in [0.3, 0.4) is 0 Å². The average Bonchev–Trinajstić information content (AvgIpc) is 2.65. The van der Waals surface area contributed by atoms with Gasteiger partial charge < -0.3 is 5.32 Å². The van der Waals surface area contributed by atoms with E-state index in [1.165, 1.54) is 19.3 Å². The summed E-state index contributed by atoms with van der Waals surface area (Å²) >= 11 is 0. The summed E-state index contributed by atoms with van der Waals surface area (Å²) in [5.74, 6) is 2.50. The van der Waals surface area contributed by atoms with Crippen LogP contribution in [-0.2, 0) is 9.59 Å². The number of nitrogens with zero attached hydrogens (tertiary/aromatic N) is 1. The number of hydrazone groups is 1. The molecule has 2 unspecified atom stereocenters. The van der Waals surface area contributed by atoms with Crippen molar-refractivity contribution in [2.45, 2.75) is 77.7 Å². The van der Waals surface area contributed by atoms with Gasteiger partial charge in [-0.2, -0.15) is 5.10 Å². The maximum absolute atomic E-state index is 13.3. The predicted molar refractivity (Wildman–Crippen MR) is 110 cm³/mol. The maximum Gasteiger partial charge on any atom is 0.262 e. The monoisotopic (exact) mass is 385 g/mol. The fourth-order valence-corrected chi connectivity index (χ4v) is 6.45. The van der Waals surface area contributed by atoms with Crippen molar-refractivity contribution in [1.29, 1.82) is 0 Å². The molecule has 0 aliphatic heterocycles. The number of amides is 2. The Morgan fingerprint density at radius 1 is 1.07 bits per heavy atom. The molecule has 2 N–H and O–H groups in total. The molecular formula is C23H35N3O2. The predicted octanol–water partition coefficient (Wildman–Crippen LogP) is 3.80. The Bertz CT molecular complexity index is 631. The van der Waals surface area contributed by atoms with Gasteiger partial charge in [0.2, 0.25) is 5.91 Å². The van der Waals surface area contributed by atoms with E-state index in [0.29, 0.717) is 5.92 Å². The number of rotatable bonds is 6. The summed E-state index contributed by atoms with van der Waals surface area (Å²) in [5.41, 5.74) is 2.46. The summed E-state index contributed by atoms with van der Waals surface area (Å²) in [6, 6.07) is -0.524. The van der Waals surface area contributed by atoms with Gasteiger partial charge in [0.25, 0.3) is 5.91 Å². The molecule has 0 heterocycles. The number of carbonyl (C=O) groups is 2. The molecule has 2 atom stereocenters. The lowest BCUT2D eigenvalue weighted by molar-refractivity contribution is -0.149. The third-order valence-electron chi connectivity index (χ3n) is 7.53. The smallest absolute Gasteiger partial charge is 0.262 e. The zero-order chi connectivity index (χ0) is 19.7. The fourth-order valence-electron chi connectivity index (χ4n) is 6.45. The number of allylic oxidation sites excluding steroid dienone is 2. The molecule has 5 aliphatic rings. The fraction of sp³-hybridized carbons (Fsp3) is 0.783. The van der Waals surface area contributed by atoms with Gasteiger partial charge in [0, 0.05) is 11.6 Å². The summed E-state index contributed by atoms with van der Waals surface area (Å²) < 4.78 is 0. The van der Waals surface area contributed by atoms with Gasteiger partial charge in [-0.1, -0.05) is 26.0 Å². The van der Waals surface area contributed by atoms with E-state index in [4.69, 9.17) is 0 Å². The van der Waals surface area contributed by atoms with Gasteiger partial charge in [-0.05, 0) is 87.4 Å². The second-order valence-corrected chi connectivity index (χ2v) is 10.2. The third-order valence-corrected chi connectivity index (χ3v) is 7.53. The van der Waals surface area contributed by atoms with Crippen LogP contribution in [0.15, 0.2) is 17.3 Å². The molecule has 4 bridgehead atoms. The Hall–Kier alpha value is -1.65. The Morgan fingerprint density at radius 3 is 2.25 bits per heavy atom. The highest BCUT2D eigenvalue weighted by Gasteiger charge is 2.55. The topological polar surface area (TPSA) is 70.6 Å². The Labute approximate surface area is 168 Å². The SMILES string of the molecule is CC(C)C(NC(=O)C12CC3CC(CC(C3)C1)C2)C(=O)NN=CC1CC=CCC1. The van der Waals surface area contributed by atoms with Gasteiger partial charge in [-0.15, -0.1) is 0 Å². The average molecular weight is 386 g/mol. The van der Waals surface area contributed by atoms with E-state index in [2.05, 4.69) is 28.0 Å². The minimum atomic E-state index is -0.524. The van der Waals surface area contributed by atoms with Gasteiger partial charge in [0.1, 0.15) is 6.04 Å². The van der Waals surface area contributed by atoms with E-state index < -0.39 is 6.04 Å². The zero-order valence-corrected chi connectivity index (χ0v) is 17.3. The molecule has 0 aromatic rings. The molecule has 5 aliphatic carbocycles. The number of nitrogens with one attached hydrogen (secondary N) is 2. The molecule has 5 rings (SSSR count). The van der Waals surface area contributed by atoms with E-state index in [1.807, 2.05) is 20.1 Å². The Balaban J connectivity index is 1.36. The molecule has 4 saturated carbocycles. The van der Waals surface area contributed by atoms with Crippen molar-refractivity contribution in [3.8, 4) is 0 Å². The molecule has 0 aromatic carbocycles. The normalized spacial score (nSPS) is 37.4. The first kappa shape index (κ1) is 19.7. The van der Waals surface area contributed by atoms with Gasteiger partial charge in [0.15, 0.2) is 0 Å². The first-order valence-corrected chi connectivity index (χ1v) is 11.2. The van der Waals surface area contributed by atoms with Crippen molar-refractivity contribution >= 4 is 18.0 Å². The summed E-state index contributed by atoms with van der Waals surface area (Å²) in [6.07, 6.45) is 16.3. The van der Waals surface area contributed by atoms with Crippen molar-refractivity contribution in [2.75, 3.05) is 0 Å². The summed E-state index contributed by atoms with van der Waals surface area (Å²) in [6.45, 7) is 3.97. The van der Waals surface area contributed by atoms with Crippen LogP contribution in [0.2, 0.25) is 0 Å². The second kappa shape index (κ2) is 8.00. The van der Waals surface area contributed by atoms with Crippen molar-refractivity contribution in [3.63, 3.8) is 0 Å². The van der Waals surface area contributed by atoms with Crippen LogP contribution < -0.4 is 10.7 Å². The molecule has 0 spiro atoms. The van der Waals surface area contributed by atoms with E-state index in [-0.39, 0.29) is 23.1 Å². The van der Waals surface area contributed by atoms with E-state index >= 15 is 0 Å². The van der Waals surface area contributed by atoms with E-state index in [0.717, 1.165) is 56.3 Å². The van der Waals surface area contributed by atoms with Crippen LogP contribution in [0.25, 0.3) is 0 Å². The van der Waals surface area contributed by atoms with Crippen LogP contribution in [-0.4, -0.2) is 24.1 Å². The Morgan fingerprint density at radius 2 is 1.71 bits per heavy atom. The highest BCUT2D eigenvalue weighted by atomic mass is 16.2. The first-order chi connectivity index (χ1) is 13.4. The third kappa shape index (κ3) is 4.04. The highest BCUT2D eigenvalue weighted by molar-refractivity contribution is 5.90. The van der Waals surface area contributed by atoms with Crippen molar-refractivity contribution < 1.29 is 9.59 Å². The lowest BCUT2D eigenvalue weighted by Crippen LogP contribution is -2.58. The van der Waals surface area contributed by atoms with Gasteiger partial charge >= 0.3 is 0 Å². The minimum Gasteiger partial charge on any atom is -0.344 e. The van der Waals surface area contributed by atoms with Gasteiger partial charge in [0.05, 0.1) is 0 Å². The van der Waals surface area contributed by atoms with Crippen molar-refractivity contribution in [2.24, 2.45) is 40.1 Å². The number of hydrogen-bond acceptors (Lipinski definition) is 3. The maximum atomic E-state index is 13.3. The molecule has 5 heteroatoms. The molecule has 5 nitrogen and oxygen atoms in total. The van der Waals surface area contributed by atoms with Gasteiger partial charge in [-0.3, -0.25) is 9.59 Å². The number of hydrogen-bond donors (Lipinski definition) is 2. The van der Waals surface area contributed by atoms with Crippen LogP contribution in [0.5, 0.6) is 0 Å². The Kier molecular flexibility index (Phi) is 5.62. The number of carbonyl (C=O) groups excluding carboxylic acids is 2. The highest BCUT2D eigenvalue weighted by Crippen LogP contribution is 2.60. The molecular weight excluding hydrogens is 350 g/mol. The minimum absolute atomic E-state index is 0.0330. The van der Waals surface area contributed by atoms with Crippen molar-refractivity contribution in [3.05, 3.63) is 12.2 Å². The van der Waals surface area contributed by atoms with Crippen LogP contribution >= 0.6 is 0 Å². The largest absolute Gasteiger partial charge is 0.344 e. The van der Waals surface area contributed by atoms with Crippen molar-refractivity contribution in [1.82, 2.24) is 10.7 Å². The zero-order valence-electron chi connectivity index (χ0n) is 17.3. The quantitative estimate of drug-likeness (QED) is 0.415. The standard InChI is InChI=1S/C23H35N3O2/c1-15(2)20(21(27)26-24-14-16-6-4-3-5-7-16)25-22(28)23-11-17-8-18(12-23)10-19(9-17)13-23/h3-4,14-20H,5-13H2,1-2H3,(H,25,28)(H,26,27). The van der Waals surface area contributed by atoms with E-state index in [9.17, 15) is 9.59 Å². The summed E-state index contributed by atoms with van der Waals surface area (Å²) in [7, 11) is 0. The lowest BCUT2D eigenvalue weighted by Gasteiger charge is -2.55. The van der Waals surface area contributed by atoms with E-state index in [1.54, 1.807) is 0 Å². The second-order valence-electron chi connectivity index (χ2n) is 10.2. The molecule has 0 aromatic heterocycles. The lowest BCUT2D eigenvalue weighted by atomic mass is 9.49. The van der Waals surface area contributed by atoms with Gasteiger partial charge in [-0.25, -0.2) is 5.43 Å². The molecule has 2 amide bonds. The van der Waals surface area contributed by atoms with Crippen LogP contribution in [0.1, 0.15) is 71.6 Å². The summed E-state index contributed by atoms with van der Waals surface area (Å²) in [5, 5.41) is 7.31. The summed E-state index contributed by atoms with van der Waals surface area (Å²) in [4.78, 5) is 26.0. The molecule has 0 radical (unpaired) electrons. The molecule has 154 valence electrons. The van der Waals surface area contributed by atoms with Crippen LogP contribution in [0, 0.1) is 35.0 Å². The molecule has 0 saturated heterocycles. The molecule has 4 fully saturated rings. The first-order valence-electron chi connectivity index (χ1n) is 11.2. The van der Waals surface area contributed by atoms with Crippen LogP contribution in [0.4, 0.5) is 0 Å². The molecule has 28 heavy (non-hydrogen) atoms.